The number of carbonyl (C=O) groups is 1. The summed E-state index contributed by atoms with van der Waals surface area (Å²) in [7, 11) is 0. The lowest BCUT2D eigenvalue weighted by molar-refractivity contribution is -0.123. The molecule has 2 aromatic rings. The maximum atomic E-state index is 11.7. The van der Waals surface area contributed by atoms with Crippen molar-refractivity contribution in [3.05, 3.63) is 64.1 Å². The van der Waals surface area contributed by atoms with Crippen LogP contribution >= 0.6 is 15.9 Å². The monoisotopic (exact) mass is 388 g/mol. The molecule has 0 aliphatic rings. The summed E-state index contributed by atoms with van der Waals surface area (Å²) in [6.07, 6.45) is 2.68. The van der Waals surface area contributed by atoms with Gasteiger partial charge in [0.05, 0.1) is 6.21 Å². The van der Waals surface area contributed by atoms with Crippen LogP contribution in [0.5, 0.6) is 5.75 Å². The van der Waals surface area contributed by atoms with E-state index in [1.165, 1.54) is 5.56 Å². The highest BCUT2D eigenvalue weighted by atomic mass is 79.9. The van der Waals surface area contributed by atoms with E-state index in [4.69, 9.17) is 4.74 Å². The predicted molar refractivity (Wildman–Crippen MR) is 101 cm³/mol. The molecule has 1 amide bonds. The summed E-state index contributed by atoms with van der Waals surface area (Å²) in [5.41, 5.74) is 4.62. The van der Waals surface area contributed by atoms with Crippen molar-refractivity contribution in [1.82, 2.24) is 5.43 Å². The number of halogens is 1. The van der Waals surface area contributed by atoms with Crippen LogP contribution in [0.1, 0.15) is 37.3 Å². The third-order valence-electron chi connectivity index (χ3n) is 3.68. The molecule has 0 aliphatic heterocycles. The molecule has 0 bridgehead atoms. The van der Waals surface area contributed by atoms with E-state index in [2.05, 4.69) is 40.3 Å². The summed E-state index contributed by atoms with van der Waals surface area (Å²) < 4.78 is 6.42. The van der Waals surface area contributed by atoms with E-state index in [-0.39, 0.29) is 12.5 Å². The van der Waals surface area contributed by atoms with Gasteiger partial charge in [-0.15, -0.1) is 0 Å². The minimum absolute atomic E-state index is 0.0709. The largest absolute Gasteiger partial charge is 0.484 e. The van der Waals surface area contributed by atoms with Crippen LogP contribution in [-0.2, 0) is 4.79 Å². The number of hydrogen-bond donors (Lipinski definition) is 1. The Hall–Kier alpha value is -2.14. The summed E-state index contributed by atoms with van der Waals surface area (Å²) in [6, 6.07) is 15.5. The fourth-order valence-electron chi connectivity index (χ4n) is 2.08. The first kappa shape index (κ1) is 18.2. The fourth-order valence-corrected chi connectivity index (χ4v) is 2.49. The third-order valence-corrected chi connectivity index (χ3v) is 4.18. The van der Waals surface area contributed by atoms with Gasteiger partial charge in [-0.3, -0.25) is 4.79 Å². The number of amides is 1. The van der Waals surface area contributed by atoms with Gasteiger partial charge in [0.15, 0.2) is 6.61 Å². The first-order valence-corrected chi connectivity index (χ1v) is 8.68. The lowest BCUT2D eigenvalue weighted by atomic mass is 9.99. The van der Waals surface area contributed by atoms with Gasteiger partial charge < -0.3 is 4.74 Å². The van der Waals surface area contributed by atoms with Crippen LogP contribution in [0.15, 0.2) is 58.1 Å². The molecule has 0 saturated carbocycles. The second kappa shape index (κ2) is 9.23. The molecule has 0 unspecified atom stereocenters. The SMILES string of the molecule is CC[C@H](C)c1ccc(OCC(=O)N/N=C\c2cccc(Br)c2)cc1. The molecule has 24 heavy (non-hydrogen) atoms. The number of hydrazone groups is 1. The lowest BCUT2D eigenvalue weighted by Crippen LogP contribution is -2.24. The molecule has 1 N–H and O–H groups in total. The molecule has 4 nitrogen and oxygen atoms in total. The van der Waals surface area contributed by atoms with Crippen molar-refractivity contribution < 1.29 is 9.53 Å². The molecule has 0 fully saturated rings. The highest BCUT2D eigenvalue weighted by molar-refractivity contribution is 9.10. The minimum Gasteiger partial charge on any atom is -0.484 e. The van der Waals surface area contributed by atoms with Gasteiger partial charge in [0.2, 0.25) is 0 Å². The van der Waals surface area contributed by atoms with Crippen molar-refractivity contribution in [1.29, 1.82) is 0 Å². The molecular formula is C19H21BrN2O2. The van der Waals surface area contributed by atoms with Crippen LogP contribution in [0, 0.1) is 0 Å². The Balaban J connectivity index is 1.78. The number of ether oxygens (including phenoxy) is 1. The summed E-state index contributed by atoms with van der Waals surface area (Å²) >= 11 is 3.38. The normalized spacial score (nSPS) is 12.1. The average molecular weight is 389 g/mol. The van der Waals surface area contributed by atoms with E-state index in [0.29, 0.717) is 11.7 Å². The van der Waals surface area contributed by atoms with E-state index in [1.807, 2.05) is 48.5 Å². The Bertz CT molecular complexity index is 699. The minimum atomic E-state index is -0.299. The van der Waals surface area contributed by atoms with Crippen molar-refractivity contribution in [3.63, 3.8) is 0 Å². The van der Waals surface area contributed by atoms with Crippen LogP contribution in [0.3, 0.4) is 0 Å². The molecule has 5 heteroatoms. The Morgan fingerprint density at radius 2 is 2.04 bits per heavy atom. The predicted octanol–water partition coefficient (Wildman–Crippen LogP) is 4.49. The number of rotatable bonds is 7. The Morgan fingerprint density at radius 3 is 2.71 bits per heavy atom. The molecule has 0 aliphatic carbocycles. The number of benzene rings is 2. The highest BCUT2D eigenvalue weighted by Gasteiger charge is 2.04. The van der Waals surface area contributed by atoms with Crippen LogP contribution in [-0.4, -0.2) is 18.7 Å². The quantitative estimate of drug-likeness (QED) is 0.560. The van der Waals surface area contributed by atoms with Gasteiger partial charge in [-0.2, -0.15) is 5.10 Å². The van der Waals surface area contributed by atoms with Crippen molar-refractivity contribution in [2.45, 2.75) is 26.2 Å². The molecular weight excluding hydrogens is 368 g/mol. The van der Waals surface area contributed by atoms with Gasteiger partial charge in [0.25, 0.3) is 5.91 Å². The zero-order valence-electron chi connectivity index (χ0n) is 13.8. The Kier molecular flexibility index (Phi) is 7.00. The van der Waals surface area contributed by atoms with Crippen LogP contribution < -0.4 is 10.2 Å². The number of nitrogens with one attached hydrogen (secondary N) is 1. The summed E-state index contributed by atoms with van der Waals surface area (Å²) in [4.78, 5) is 11.7. The molecule has 1 atom stereocenters. The number of nitrogens with zero attached hydrogens (tertiary/aromatic N) is 1. The van der Waals surface area contributed by atoms with Crippen LogP contribution in [0.25, 0.3) is 0 Å². The van der Waals surface area contributed by atoms with E-state index in [9.17, 15) is 4.79 Å². The van der Waals surface area contributed by atoms with Gasteiger partial charge in [-0.1, -0.05) is 54.0 Å². The standard InChI is InChI=1S/C19H21BrN2O2/c1-3-14(2)16-7-9-18(10-8-16)24-13-19(23)22-21-12-15-5-4-6-17(20)11-15/h4-12,14H,3,13H2,1-2H3,(H,22,23)/b21-12-/t14-/m0/s1. The third kappa shape index (κ3) is 5.81. The molecule has 0 radical (unpaired) electrons. The van der Waals surface area contributed by atoms with Gasteiger partial charge in [0.1, 0.15) is 5.75 Å². The van der Waals surface area contributed by atoms with Crippen molar-refractivity contribution >= 4 is 28.1 Å². The molecule has 0 heterocycles. The molecule has 0 aromatic heterocycles. The molecule has 2 rings (SSSR count). The zero-order valence-corrected chi connectivity index (χ0v) is 15.4. The molecule has 0 saturated heterocycles. The van der Waals surface area contributed by atoms with Crippen molar-refractivity contribution in [3.8, 4) is 5.75 Å². The van der Waals surface area contributed by atoms with Crippen LogP contribution in [0.2, 0.25) is 0 Å². The van der Waals surface area contributed by atoms with Gasteiger partial charge >= 0.3 is 0 Å². The summed E-state index contributed by atoms with van der Waals surface area (Å²) in [6.45, 7) is 4.28. The number of carbonyl (C=O) groups excluding carboxylic acids is 1. The molecule has 2 aromatic carbocycles. The molecule has 0 spiro atoms. The van der Waals surface area contributed by atoms with Crippen LogP contribution in [0.4, 0.5) is 0 Å². The second-order valence-electron chi connectivity index (χ2n) is 5.52. The second-order valence-corrected chi connectivity index (χ2v) is 6.43. The topological polar surface area (TPSA) is 50.7 Å². The van der Waals surface area contributed by atoms with Gasteiger partial charge in [-0.05, 0) is 47.7 Å². The lowest BCUT2D eigenvalue weighted by Gasteiger charge is -2.10. The summed E-state index contributed by atoms with van der Waals surface area (Å²) in [5, 5.41) is 3.92. The van der Waals surface area contributed by atoms with Crippen molar-refractivity contribution in [2.24, 2.45) is 5.10 Å². The van der Waals surface area contributed by atoms with E-state index < -0.39 is 0 Å². The Labute approximate surface area is 151 Å². The van der Waals surface area contributed by atoms with Gasteiger partial charge in [0, 0.05) is 4.47 Å². The average Bonchev–Trinajstić information content (AvgIpc) is 2.60. The van der Waals surface area contributed by atoms with E-state index in [0.717, 1.165) is 16.5 Å². The fraction of sp³-hybridized carbons (Fsp3) is 0.263. The Morgan fingerprint density at radius 1 is 1.29 bits per heavy atom. The number of hydrogen-bond acceptors (Lipinski definition) is 3. The molecule has 126 valence electrons. The summed E-state index contributed by atoms with van der Waals surface area (Å²) in [5.74, 6) is 0.898. The van der Waals surface area contributed by atoms with E-state index >= 15 is 0 Å². The van der Waals surface area contributed by atoms with E-state index in [1.54, 1.807) is 6.21 Å². The smallest absolute Gasteiger partial charge is 0.277 e. The maximum absolute atomic E-state index is 11.7. The van der Waals surface area contributed by atoms with Crippen molar-refractivity contribution in [2.75, 3.05) is 6.61 Å². The first-order chi connectivity index (χ1) is 11.6. The van der Waals surface area contributed by atoms with Gasteiger partial charge in [-0.25, -0.2) is 5.43 Å². The zero-order chi connectivity index (χ0) is 17.4. The first-order valence-electron chi connectivity index (χ1n) is 7.88. The maximum Gasteiger partial charge on any atom is 0.277 e. The highest BCUT2D eigenvalue weighted by Crippen LogP contribution is 2.21.